The molecule has 0 unspecified atom stereocenters. The van der Waals surface area contributed by atoms with Crippen molar-refractivity contribution < 1.29 is 9.13 Å². The van der Waals surface area contributed by atoms with Crippen LogP contribution in [0.5, 0.6) is 0 Å². The van der Waals surface area contributed by atoms with E-state index in [9.17, 15) is 4.39 Å². The zero-order valence-corrected chi connectivity index (χ0v) is 5.06. The Balaban J connectivity index is 2.92. The Bertz CT molecular complexity index is 45.7. The van der Waals surface area contributed by atoms with Crippen molar-refractivity contribution in [3.05, 3.63) is 0 Å². The minimum atomic E-state index is -0.884. The van der Waals surface area contributed by atoms with Gasteiger partial charge in [-0.15, -0.1) is 0 Å². The summed E-state index contributed by atoms with van der Waals surface area (Å²) in [6.07, 6.45) is -0.488. The van der Waals surface area contributed by atoms with Gasteiger partial charge in [0, 0.05) is 7.11 Å². The molecule has 0 radical (unpaired) electrons. The minimum absolute atomic E-state index is 0.164. The molecule has 0 saturated heterocycles. The van der Waals surface area contributed by atoms with Crippen LogP contribution in [0.2, 0.25) is 0 Å². The zero-order chi connectivity index (χ0) is 6.41. The number of nitrogens with two attached hydrogens (primary N) is 1. The smallest absolute Gasteiger partial charge is 0.125 e. The third kappa shape index (κ3) is 4.02. The molecule has 0 aliphatic rings. The van der Waals surface area contributed by atoms with Crippen LogP contribution in [0, 0.1) is 0 Å². The van der Waals surface area contributed by atoms with Gasteiger partial charge in [0.15, 0.2) is 0 Å². The maximum absolute atomic E-state index is 12.2. The SMILES string of the molecule is COC[C@@H](F)CCN. The van der Waals surface area contributed by atoms with E-state index in [1.807, 2.05) is 0 Å². The van der Waals surface area contributed by atoms with Gasteiger partial charge in [-0.25, -0.2) is 4.39 Å². The van der Waals surface area contributed by atoms with E-state index in [0.717, 1.165) is 0 Å². The van der Waals surface area contributed by atoms with Crippen LogP contribution >= 0.6 is 0 Å². The molecule has 0 amide bonds. The van der Waals surface area contributed by atoms with Gasteiger partial charge in [-0.05, 0) is 13.0 Å². The summed E-state index contributed by atoms with van der Waals surface area (Å²) in [7, 11) is 1.48. The number of hydrogen-bond acceptors (Lipinski definition) is 2. The Morgan fingerprint density at radius 2 is 2.38 bits per heavy atom. The average molecular weight is 121 g/mol. The van der Waals surface area contributed by atoms with Crippen molar-refractivity contribution in [3.63, 3.8) is 0 Å². The van der Waals surface area contributed by atoms with E-state index in [1.54, 1.807) is 0 Å². The predicted octanol–water partition coefficient (Wildman–Crippen LogP) is 0.320. The van der Waals surface area contributed by atoms with Crippen molar-refractivity contribution in [2.24, 2.45) is 5.73 Å². The van der Waals surface area contributed by atoms with E-state index in [1.165, 1.54) is 7.11 Å². The van der Waals surface area contributed by atoms with Gasteiger partial charge in [-0.3, -0.25) is 0 Å². The molecule has 0 fully saturated rings. The molecule has 0 heterocycles. The first-order valence-electron chi connectivity index (χ1n) is 2.64. The standard InChI is InChI=1S/C5H12FNO/c1-8-4-5(6)2-3-7/h5H,2-4,7H2,1H3/t5-/m0/s1. The quantitative estimate of drug-likeness (QED) is 0.581. The highest BCUT2D eigenvalue weighted by Crippen LogP contribution is 1.94. The summed E-state index contributed by atoms with van der Waals surface area (Å²) in [6, 6.07) is 0. The maximum Gasteiger partial charge on any atom is 0.125 e. The lowest BCUT2D eigenvalue weighted by molar-refractivity contribution is 0.120. The van der Waals surface area contributed by atoms with Crippen molar-refractivity contribution in [2.45, 2.75) is 12.6 Å². The Hall–Kier alpha value is -0.150. The van der Waals surface area contributed by atoms with Gasteiger partial charge in [0.1, 0.15) is 6.17 Å². The van der Waals surface area contributed by atoms with E-state index in [2.05, 4.69) is 4.74 Å². The number of halogens is 1. The van der Waals surface area contributed by atoms with Gasteiger partial charge in [-0.2, -0.15) is 0 Å². The second kappa shape index (κ2) is 5.00. The van der Waals surface area contributed by atoms with Crippen molar-refractivity contribution in [2.75, 3.05) is 20.3 Å². The topological polar surface area (TPSA) is 35.2 Å². The Kier molecular flexibility index (Phi) is 4.90. The van der Waals surface area contributed by atoms with Gasteiger partial charge in [0.25, 0.3) is 0 Å². The van der Waals surface area contributed by atoms with Gasteiger partial charge >= 0.3 is 0 Å². The number of alkyl halides is 1. The normalized spacial score (nSPS) is 13.9. The highest BCUT2D eigenvalue weighted by Gasteiger charge is 2.01. The molecular formula is C5H12FNO. The fourth-order valence-corrected chi connectivity index (χ4v) is 0.445. The molecule has 0 saturated carbocycles. The van der Waals surface area contributed by atoms with Crippen LogP contribution in [-0.4, -0.2) is 26.4 Å². The van der Waals surface area contributed by atoms with Gasteiger partial charge in [0.2, 0.25) is 0 Å². The summed E-state index contributed by atoms with van der Waals surface area (Å²) in [5.74, 6) is 0. The molecule has 0 rings (SSSR count). The molecule has 0 bridgehead atoms. The van der Waals surface area contributed by atoms with Crippen molar-refractivity contribution >= 4 is 0 Å². The van der Waals surface area contributed by atoms with Gasteiger partial charge < -0.3 is 10.5 Å². The van der Waals surface area contributed by atoms with E-state index in [-0.39, 0.29) is 6.61 Å². The molecule has 0 aliphatic carbocycles. The number of hydrogen-bond donors (Lipinski definition) is 1. The van der Waals surface area contributed by atoms with Crippen molar-refractivity contribution in [1.29, 1.82) is 0 Å². The highest BCUT2D eigenvalue weighted by molar-refractivity contribution is 4.52. The zero-order valence-electron chi connectivity index (χ0n) is 5.06. The summed E-state index contributed by atoms with van der Waals surface area (Å²) in [4.78, 5) is 0. The van der Waals surface area contributed by atoms with Crippen LogP contribution in [0.4, 0.5) is 4.39 Å². The van der Waals surface area contributed by atoms with Gasteiger partial charge in [0.05, 0.1) is 6.61 Å². The lowest BCUT2D eigenvalue weighted by Crippen LogP contribution is -2.13. The average Bonchev–Trinajstić information content (AvgIpc) is 1.68. The Labute approximate surface area is 48.8 Å². The first-order valence-corrected chi connectivity index (χ1v) is 2.64. The van der Waals surface area contributed by atoms with E-state index in [0.29, 0.717) is 13.0 Å². The molecule has 0 spiro atoms. The molecule has 1 atom stereocenters. The van der Waals surface area contributed by atoms with Crippen LogP contribution in [0.1, 0.15) is 6.42 Å². The van der Waals surface area contributed by atoms with E-state index in [4.69, 9.17) is 5.73 Å². The predicted molar refractivity (Wildman–Crippen MR) is 30.4 cm³/mol. The first kappa shape index (κ1) is 7.85. The molecule has 0 aliphatic heterocycles. The lowest BCUT2D eigenvalue weighted by Gasteiger charge is -2.02. The molecule has 2 N–H and O–H groups in total. The fraction of sp³-hybridized carbons (Fsp3) is 1.00. The van der Waals surface area contributed by atoms with Crippen molar-refractivity contribution in [3.8, 4) is 0 Å². The molecular weight excluding hydrogens is 109 g/mol. The summed E-state index contributed by atoms with van der Waals surface area (Å²) < 4.78 is 16.7. The highest BCUT2D eigenvalue weighted by atomic mass is 19.1. The summed E-state index contributed by atoms with van der Waals surface area (Å²) in [6.45, 7) is 0.557. The molecule has 2 nitrogen and oxygen atoms in total. The second-order valence-electron chi connectivity index (χ2n) is 1.63. The monoisotopic (exact) mass is 121 g/mol. The van der Waals surface area contributed by atoms with Crippen LogP contribution < -0.4 is 5.73 Å². The largest absolute Gasteiger partial charge is 0.382 e. The Morgan fingerprint density at radius 3 is 2.75 bits per heavy atom. The van der Waals surface area contributed by atoms with E-state index >= 15 is 0 Å². The van der Waals surface area contributed by atoms with Crippen LogP contribution in [0.15, 0.2) is 0 Å². The molecule has 3 heteroatoms. The molecule has 8 heavy (non-hydrogen) atoms. The van der Waals surface area contributed by atoms with Crippen LogP contribution in [0.3, 0.4) is 0 Å². The number of rotatable bonds is 4. The molecule has 0 aromatic heterocycles. The summed E-state index contributed by atoms with van der Waals surface area (Å²) in [5.41, 5.74) is 5.06. The van der Waals surface area contributed by atoms with Crippen LogP contribution in [-0.2, 0) is 4.74 Å². The molecule has 0 aromatic rings. The third-order valence-corrected chi connectivity index (χ3v) is 0.827. The number of ether oxygens (including phenoxy) is 1. The number of methoxy groups -OCH3 is 1. The van der Waals surface area contributed by atoms with Crippen LogP contribution in [0.25, 0.3) is 0 Å². The maximum atomic E-state index is 12.2. The fourth-order valence-electron chi connectivity index (χ4n) is 0.445. The Morgan fingerprint density at radius 1 is 1.75 bits per heavy atom. The van der Waals surface area contributed by atoms with Crippen molar-refractivity contribution in [1.82, 2.24) is 0 Å². The molecule has 50 valence electrons. The molecule has 0 aromatic carbocycles. The third-order valence-electron chi connectivity index (χ3n) is 0.827. The van der Waals surface area contributed by atoms with Gasteiger partial charge in [-0.1, -0.05) is 0 Å². The minimum Gasteiger partial charge on any atom is -0.382 e. The second-order valence-corrected chi connectivity index (χ2v) is 1.63. The van der Waals surface area contributed by atoms with E-state index < -0.39 is 6.17 Å². The summed E-state index contributed by atoms with van der Waals surface area (Å²) in [5, 5.41) is 0. The first-order chi connectivity index (χ1) is 3.81. The lowest BCUT2D eigenvalue weighted by atomic mass is 10.3. The summed E-state index contributed by atoms with van der Waals surface area (Å²) >= 11 is 0.